The molecule has 1 rings (SSSR count). The molecule has 0 saturated carbocycles. The largest absolute Gasteiger partial charge is 0.496 e. The Morgan fingerprint density at radius 2 is 1.67 bits per heavy atom. The number of hydrogen-bond acceptors (Lipinski definition) is 3. The monoisotopic (exact) mass is 271 g/mol. The molecule has 0 fully saturated rings. The number of hydrogen-bond donors (Lipinski definition) is 1. The molecule has 0 aromatic heterocycles. The summed E-state index contributed by atoms with van der Waals surface area (Å²) in [5, 5.41) is 0.621. The van der Waals surface area contributed by atoms with E-state index in [-0.39, 0.29) is 0 Å². The number of rotatable bonds is 5. The second-order valence-corrected chi connectivity index (χ2v) is 4.90. The molecular weight excluding hydrogens is 250 g/mol. The maximum absolute atomic E-state index is 6.31. The van der Waals surface area contributed by atoms with Crippen molar-refractivity contribution in [2.45, 2.75) is 33.1 Å². The highest BCUT2D eigenvalue weighted by atomic mass is 35.5. The first-order chi connectivity index (χ1) is 8.49. The Morgan fingerprint density at radius 3 is 2.11 bits per heavy atom. The molecule has 0 aliphatic heterocycles. The van der Waals surface area contributed by atoms with Gasteiger partial charge in [-0.05, 0) is 38.3 Å². The quantitative estimate of drug-likeness (QED) is 0.892. The lowest BCUT2D eigenvalue weighted by Crippen LogP contribution is -2.09. The maximum atomic E-state index is 6.31. The molecule has 1 atom stereocenters. The molecule has 102 valence electrons. The van der Waals surface area contributed by atoms with Crippen molar-refractivity contribution in [1.82, 2.24) is 0 Å². The van der Waals surface area contributed by atoms with E-state index >= 15 is 0 Å². The molecule has 0 aliphatic rings. The predicted molar refractivity (Wildman–Crippen MR) is 76.1 cm³/mol. The molecule has 1 aromatic carbocycles. The van der Waals surface area contributed by atoms with Gasteiger partial charge < -0.3 is 15.2 Å². The van der Waals surface area contributed by atoms with Crippen LogP contribution in [-0.4, -0.2) is 20.8 Å². The molecule has 4 heteroatoms. The standard InChI is InChI=1S/C14H22ClNO2/c1-8(6-7-16)11-9(2)14(18-5)12(15)10(3)13(11)17-4/h8H,6-7,16H2,1-5H3. The fourth-order valence-corrected chi connectivity index (χ4v) is 2.73. The van der Waals surface area contributed by atoms with E-state index in [2.05, 4.69) is 6.92 Å². The third kappa shape index (κ3) is 2.57. The summed E-state index contributed by atoms with van der Waals surface area (Å²) in [6.07, 6.45) is 0.904. The van der Waals surface area contributed by atoms with Crippen molar-refractivity contribution in [3.05, 3.63) is 21.7 Å². The van der Waals surface area contributed by atoms with Gasteiger partial charge in [0.25, 0.3) is 0 Å². The van der Waals surface area contributed by atoms with Crippen molar-refractivity contribution in [3.63, 3.8) is 0 Å². The molecule has 0 aliphatic carbocycles. The zero-order valence-corrected chi connectivity index (χ0v) is 12.5. The van der Waals surface area contributed by atoms with Gasteiger partial charge in [0.2, 0.25) is 0 Å². The van der Waals surface area contributed by atoms with Crippen molar-refractivity contribution >= 4 is 11.6 Å². The molecule has 2 N–H and O–H groups in total. The molecule has 18 heavy (non-hydrogen) atoms. The average molecular weight is 272 g/mol. The minimum Gasteiger partial charge on any atom is -0.496 e. The summed E-state index contributed by atoms with van der Waals surface area (Å²) in [5.74, 6) is 1.89. The third-order valence-corrected chi connectivity index (χ3v) is 3.81. The van der Waals surface area contributed by atoms with Crippen LogP contribution in [0.25, 0.3) is 0 Å². The highest BCUT2D eigenvalue weighted by molar-refractivity contribution is 6.33. The zero-order chi connectivity index (χ0) is 13.9. The number of benzene rings is 1. The van der Waals surface area contributed by atoms with Gasteiger partial charge in [0.05, 0.1) is 19.2 Å². The normalized spacial score (nSPS) is 12.4. The number of ether oxygens (including phenoxy) is 2. The predicted octanol–water partition coefficient (Wildman–Crippen LogP) is 3.43. The fourth-order valence-electron chi connectivity index (χ4n) is 2.42. The minimum absolute atomic E-state index is 0.315. The van der Waals surface area contributed by atoms with Crippen LogP contribution in [0.1, 0.15) is 36.0 Å². The summed E-state index contributed by atoms with van der Waals surface area (Å²) in [4.78, 5) is 0. The van der Waals surface area contributed by atoms with Crippen molar-refractivity contribution in [2.75, 3.05) is 20.8 Å². The Labute approximate surface area is 114 Å². The van der Waals surface area contributed by atoms with Crippen molar-refractivity contribution in [1.29, 1.82) is 0 Å². The first kappa shape index (κ1) is 15.1. The Kier molecular flexibility index (Phi) is 5.29. The van der Waals surface area contributed by atoms with Crippen LogP contribution in [0, 0.1) is 13.8 Å². The zero-order valence-electron chi connectivity index (χ0n) is 11.8. The fraction of sp³-hybridized carbons (Fsp3) is 0.571. The second-order valence-electron chi connectivity index (χ2n) is 4.52. The van der Waals surface area contributed by atoms with Crippen LogP contribution in [0.15, 0.2) is 0 Å². The SMILES string of the molecule is COc1c(C)c(C(C)CCN)c(OC)c(C)c1Cl. The van der Waals surface area contributed by atoms with Crippen LogP contribution in [0.4, 0.5) is 0 Å². The summed E-state index contributed by atoms with van der Waals surface area (Å²) in [6.45, 7) is 6.75. The van der Waals surface area contributed by atoms with Crippen LogP contribution in [0.3, 0.4) is 0 Å². The molecular formula is C14H22ClNO2. The summed E-state index contributed by atoms with van der Waals surface area (Å²) in [6, 6.07) is 0. The Balaban J connectivity index is 3.51. The van der Waals surface area contributed by atoms with E-state index in [1.165, 1.54) is 0 Å². The lowest BCUT2D eigenvalue weighted by atomic mass is 9.90. The second kappa shape index (κ2) is 6.30. The number of halogens is 1. The van der Waals surface area contributed by atoms with Gasteiger partial charge >= 0.3 is 0 Å². The van der Waals surface area contributed by atoms with Crippen molar-refractivity contribution in [3.8, 4) is 11.5 Å². The average Bonchev–Trinajstić information content (AvgIpc) is 2.34. The van der Waals surface area contributed by atoms with Gasteiger partial charge in [0.15, 0.2) is 0 Å². The Morgan fingerprint density at radius 1 is 1.11 bits per heavy atom. The summed E-state index contributed by atoms with van der Waals surface area (Å²) in [7, 11) is 3.31. The minimum atomic E-state index is 0.315. The molecule has 0 amide bonds. The molecule has 0 radical (unpaired) electrons. The molecule has 1 unspecified atom stereocenters. The third-order valence-electron chi connectivity index (χ3n) is 3.36. The van der Waals surface area contributed by atoms with Gasteiger partial charge in [-0.3, -0.25) is 0 Å². The highest BCUT2D eigenvalue weighted by Gasteiger charge is 2.23. The molecule has 0 heterocycles. The molecule has 0 bridgehead atoms. The van der Waals surface area contributed by atoms with Gasteiger partial charge in [-0.2, -0.15) is 0 Å². The van der Waals surface area contributed by atoms with E-state index < -0.39 is 0 Å². The van der Waals surface area contributed by atoms with E-state index in [1.807, 2.05) is 13.8 Å². The van der Waals surface area contributed by atoms with Crippen LogP contribution < -0.4 is 15.2 Å². The van der Waals surface area contributed by atoms with E-state index in [0.29, 0.717) is 17.5 Å². The lowest BCUT2D eigenvalue weighted by Gasteiger charge is -2.23. The lowest BCUT2D eigenvalue weighted by molar-refractivity contribution is 0.389. The van der Waals surface area contributed by atoms with Crippen LogP contribution in [0.5, 0.6) is 11.5 Å². The maximum Gasteiger partial charge on any atom is 0.141 e. The molecule has 3 nitrogen and oxygen atoms in total. The summed E-state index contributed by atoms with van der Waals surface area (Å²) >= 11 is 6.31. The van der Waals surface area contributed by atoms with Crippen molar-refractivity contribution in [2.24, 2.45) is 5.73 Å². The smallest absolute Gasteiger partial charge is 0.141 e. The topological polar surface area (TPSA) is 44.5 Å². The van der Waals surface area contributed by atoms with Crippen molar-refractivity contribution < 1.29 is 9.47 Å². The summed E-state index contributed by atoms with van der Waals surface area (Å²) < 4.78 is 10.9. The van der Waals surface area contributed by atoms with Crippen LogP contribution in [-0.2, 0) is 0 Å². The molecule has 0 spiro atoms. The van der Waals surface area contributed by atoms with Crippen LogP contribution in [0.2, 0.25) is 5.02 Å². The number of methoxy groups -OCH3 is 2. The first-order valence-electron chi connectivity index (χ1n) is 6.10. The van der Waals surface area contributed by atoms with Gasteiger partial charge in [-0.15, -0.1) is 0 Å². The Bertz CT molecular complexity index is 433. The first-order valence-corrected chi connectivity index (χ1v) is 6.47. The summed E-state index contributed by atoms with van der Waals surface area (Å²) in [5.41, 5.74) is 8.74. The highest BCUT2D eigenvalue weighted by Crippen LogP contribution is 2.44. The Hall–Kier alpha value is -0.930. The van der Waals surface area contributed by atoms with E-state index in [4.69, 9.17) is 26.8 Å². The van der Waals surface area contributed by atoms with Crippen LogP contribution >= 0.6 is 11.6 Å². The van der Waals surface area contributed by atoms with Gasteiger partial charge in [-0.25, -0.2) is 0 Å². The number of nitrogens with two attached hydrogens (primary N) is 1. The van der Waals surface area contributed by atoms with E-state index in [1.54, 1.807) is 14.2 Å². The van der Waals surface area contributed by atoms with E-state index in [0.717, 1.165) is 34.6 Å². The van der Waals surface area contributed by atoms with Gasteiger partial charge in [-0.1, -0.05) is 18.5 Å². The van der Waals surface area contributed by atoms with Gasteiger partial charge in [0.1, 0.15) is 11.5 Å². The van der Waals surface area contributed by atoms with E-state index in [9.17, 15) is 0 Å². The van der Waals surface area contributed by atoms with Gasteiger partial charge in [0, 0.05) is 11.1 Å². The molecule has 0 saturated heterocycles. The molecule has 1 aromatic rings.